The highest BCUT2D eigenvalue weighted by Crippen LogP contribution is 2.16. The van der Waals surface area contributed by atoms with Crippen molar-refractivity contribution in [2.24, 2.45) is 0 Å². The second-order valence-corrected chi connectivity index (χ2v) is 9.91. The molecule has 0 aliphatic rings. The molecule has 31 heavy (non-hydrogen) atoms. The Balaban J connectivity index is 1.61. The Hall–Kier alpha value is -3.01. The second-order valence-electron chi connectivity index (χ2n) is 7.01. The summed E-state index contributed by atoms with van der Waals surface area (Å²) in [6.07, 6.45) is 3.86. The van der Waals surface area contributed by atoms with Gasteiger partial charge in [-0.1, -0.05) is 42.2 Å². The smallest absolute Gasteiger partial charge is 0.251 e. The summed E-state index contributed by atoms with van der Waals surface area (Å²) < 4.78 is 23.1. The van der Waals surface area contributed by atoms with E-state index >= 15 is 0 Å². The Bertz CT molecular complexity index is 1240. The van der Waals surface area contributed by atoms with Gasteiger partial charge in [0.2, 0.25) is 0 Å². The largest absolute Gasteiger partial charge is 0.348 e. The molecule has 0 unspecified atom stereocenters. The minimum atomic E-state index is -3.23. The van der Waals surface area contributed by atoms with Gasteiger partial charge in [0.15, 0.2) is 9.84 Å². The van der Waals surface area contributed by atoms with Crippen LogP contribution in [-0.2, 0) is 22.8 Å². The number of amides is 1. The van der Waals surface area contributed by atoms with Crippen LogP contribution in [0.1, 0.15) is 27.0 Å². The molecule has 0 heterocycles. The van der Waals surface area contributed by atoms with E-state index in [0.717, 1.165) is 16.7 Å². The van der Waals surface area contributed by atoms with E-state index in [1.54, 1.807) is 48.2 Å². The molecule has 0 aliphatic heterocycles. The Morgan fingerprint density at radius 1 is 0.968 bits per heavy atom. The van der Waals surface area contributed by atoms with E-state index in [2.05, 4.69) is 35.4 Å². The highest BCUT2D eigenvalue weighted by molar-refractivity contribution is 7.98. The van der Waals surface area contributed by atoms with Crippen LogP contribution >= 0.6 is 11.8 Å². The molecule has 3 aromatic carbocycles. The van der Waals surface area contributed by atoms with Crippen LogP contribution in [0.5, 0.6) is 0 Å². The lowest BCUT2D eigenvalue weighted by molar-refractivity contribution is 0.0951. The molecule has 0 aliphatic carbocycles. The van der Waals surface area contributed by atoms with E-state index in [1.165, 1.54) is 11.2 Å². The molecule has 0 spiro atoms. The van der Waals surface area contributed by atoms with E-state index in [1.807, 2.05) is 24.5 Å². The molecular weight excluding hydrogens is 426 g/mol. The van der Waals surface area contributed by atoms with Gasteiger partial charge in [-0.05, 0) is 59.8 Å². The summed E-state index contributed by atoms with van der Waals surface area (Å²) in [5, 5.41) is 2.86. The highest BCUT2D eigenvalue weighted by atomic mass is 32.2. The second kappa shape index (κ2) is 10.3. The number of carbonyl (C=O) groups is 1. The van der Waals surface area contributed by atoms with Gasteiger partial charge in [-0.2, -0.15) is 0 Å². The van der Waals surface area contributed by atoms with Gasteiger partial charge < -0.3 is 5.32 Å². The Morgan fingerprint density at radius 3 is 2.42 bits per heavy atom. The third-order valence-electron chi connectivity index (χ3n) is 4.59. The van der Waals surface area contributed by atoms with Gasteiger partial charge in [0, 0.05) is 35.2 Å². The van der Waals surface area contributed by atoms with Crippen molar-refractivity contribution in [3.05, 3.63) is 95.1 Å². The molecule has 0 saturated heterocycles. The number of rotatable bonds is 6. The van der Waals surface area contributed by atoms with Crippen LogP contribution in [0.2, 0.25) is 0 Å². The third-order valence-corrected chi connectivity index (χ3v) is 6.44. The first-order valence-electron chi connectivity index (χ1n) is 9.64. The first-order valence-corrected chi connectivity index (χ1v) is 12.8. The summed E-state index contributed by atoms with van der Waals surface area (Å²) in [6.45, 7) is 0.310. The quantitative estimate of drug-likeness (QED) is 0.449. The molecule has 0 radical (unpaired) electrons. The van der Waals surface area contributed by atoms with E-state index in [-0.39, 0.29) is 10.8 Å². The number of nitrogens with one attached hydrogen (secondary N) is 1. The molecular formula is C25H23NO3S2. The molecule has 0 aromatic heterocycles. The van der Waals surface area contributed by atoms with Gasteiger partial charge in [-0.3, -0.25) is 4.79 Å². The lowest BCUT2D eigenvalue weighted by Crippen LogP contribution is -2.22. The van der Waals surface area contributed by atoms with Gasteiger partial charge in [-0.25, -0.2) is 8.42 Å². The van der Waals surface area contributed by atoms with E-state index in [9.17, 15) is 13.2 Å². The fourth-order valence-electron chi connectivity index (χ4n) is 2.91. The number of sulfone groups is 1. The molecule has 158 valence electrons. The van der Waals surface area contributed by atoms with Crippen LogP contribution in [0.3, 0.4) is 0 Å². The number of carbonyl (C=O) groups excluding carboxylic acids is 1. The van der Waals surface area contributed by atoms with Gasteiger partial charge in [0.05, 0.1) is 4.90 Å². The van der Waals surface area contributed by atoms with Crippen LogP contribution in [0, 0.1) is 11.8 Å². The maximum Gasteiger partial charge on any atom is 0.251 e. The van der Waals surface area contributed by atoms with E-state index in [4.69, 9.17) is 0 Å². The summed E-state index contributed by atoms with van der Waals surface area (Å²) in [4.78, 5) is 14.0. The maximum absolute atomic E-state index is 12.5. The summed E-state index contributed by atoms with van der Waals surface area (Å²) in [5.74, 6) is 6.09. The topological polar surface area (TPSA) is 63.2 Å². The van der Waals surface area contributed by atoms with Crippen LogP contribution in [-0.4, -0.2) is 26.8 Å². The molecule has 3 rings (SSSR count). The average Bonchev–Trinajstić information content (AvgIpc) is 2.77. The van der Waals surface area contributed by atoms with Crippen molar-refractivity contribution in [1.29, 1.82) is 0 Å². The number of hydrogen-bond donors (Lipinski definition) is 1. The Labute approximate surface area is 188 Å². The highest BCUT2D eigenvalue weighted by Gasteiger charge is 2.08. The minimum Gasteiger partial charge on any atom is -0.348 e. The number of hydrogen-bond acceptors (Lipinski definition) is 4. The zero-order valence-electron chi connectivity index (χ0n) is 17.4. The van der Waals surface area contributed by atoms with E-state index < -0.39 is 9.84 Å². The van der Waals surface area contributed by atoms with Crippen molar-refractivity contribution >= 4 is 27.5 Å². The molecule has 6 heteroatoms. The molecule has 0 fully saturated rings. The monoisotopic (exact) mass is 449 g/mol. The zero-order chi connectivity index (χ0) is 22.3. The van der Waals surface area contributed by atoms with Crippen molar-refractivity contribution in [2.45, 2.75) is 22.8 Å². The van der Waals surface area contributed by atoms with Gasteiger partial charge in [-0.15, -0.1) is 11.8 Å². The minimum absolute atomic E-state index is 0.205. The van der Waals surface area contributed by atoms with Crippen molar-refractivity contribution < 1.29 is 13.2 Å². The van der Waals surface area contributed by atoms with Gasteiger partial charge in [0.25, 0.3) is 5.91 Å². The first kappa shape index (κ1) is 22.7. The Morgan fingerprint density at radius 2 is 1.71 bits per heavy atom. The van der Waals surface area contributed by atoms with Crippen molar-refractivity contribution in [3.8, 4) is 11.8 Å². The van der Waals surface area contributed by atoms with Crippen molar-refractivity contribution in [3.63, 3.8) is 0 Å². The van der Waals surface area contributed by atoms with Crippen molar-refractivity contribution in [1.82, 2.24) is 5.32 Å². The molecule has 1 amide bonds. The fraction of sp³-hybridized carbons (Fsp3) is 0.160. The number of benzene rings is 3. The predicted molar refractivity (Wildman–Crippen MR) is 126 cm³/mol. The summed E-state index contributed by atoms with van der Waals surface area (Å²) in [5.41, 5.74) is 3.30. The summed E-state index contributed by atoms with van der Waals surface area (Å²) in [7, 11) is -3.23. The lowest BCUT2D eigenvalue weighted by Gasteiger charge is -2.07. The molecule has 0 saturated carbocycles. The normalized spacial score (nSPS) is 10.8. The van der Waals surface area contributed by atoms with Gasteiger partial charge >= 0.3 is 0 Å². The van der Waals surface area contributed by atoms with Crippen LogP contribution < -0.4 is 5.32 Å². The van der Waals surface area contributed by atoms with Crippen LogP contribution in [0.25, 0.3) is 0 Å². The van der Waals surface area contributed by atoms with Crippen LogP contribution in [0.15, 0.2) is 82.6 Å². The molecule has 4 nitrogen and oxygen atoms in total. The predicted octanol–water partition coefficient (Wildman–Crippen LogP) is 4.34. The molecule has 1 N–H and O–H groups in total. The molecule has 3 aromatic rings. The van der Waals surface area contributed by atoms with Crippen LogP contribution in [0.4, 0.5) is 0 Å². The standard InChI is InChI=1S/C25H23NO3S2/c1-30-23-11-5-9-20(17-23)7-3-6-19-8-4-10-22(16-19)25(27)26-18-21-12-14-24(15-13-21)31(2,28)29/h4-5,8-17H,7,18H2,1-2H3,(H,26,27). The maximum atomic E-state index is 12.5. The summed E-state index contributed by atoms with van der Waals surface area (Å²) >= 11 is 1.70. The number of thioether (sulfide) groups is 1. The third kappa shape index (κ3) is 6.74. The molecule has 0 atom stereocenters. The fourth-order valence-corrected chi connectivity index (χ4v) is 4.02. The summed E-state index contributed by atoms with van der Waals surface area (Å²) in [6, 6.07) is 22.0. The Kier molecular flexibility index (Phi) is 7.56. The van der Waals surface area contributed by atoms with Gasteiger partial charge in [0.1, 0.15) is 0 Å². The van der Waals surface area contributed by atoms with E-state index in [0.29, 0.717) is 18.5 Å². The average molecular weight is 450 g/mol. The molecule has 0 bridgehead atoms. The lowest BCUT2D eigenvalue weighted by atomic mass is 10.1. The first-order chi connectivity index (χ1) is 14.8. The van der Waals surface area contributed by atoms with Crippen molar-refractivity contribution in [2.75, 3.05) is 12.5 Å². The SMILES string of the molecule is CSc1cccc(CC#Cc2cccc(C(=O)NCc3ccc(S(C)(=O)=O)cc3)c2)c1. The zero-order valence-corrected chi connectivity index (χ0v) is 19.0.